The number of allylic oxidation sites excluding steroid dienone is 10. The van der Waals surface area contributed by atoms with Gasteiger partial charge in [0.25, 0.3) is 0 Å². The first-order valence-electron chi connectivity index (χ1n) is 30.8. The SMILES string of the molecule is CC/C=C\C/C=C\C/C=C\C/C=C\CCCCCCCCCCCCCCCCCCCCC(=O)OCC(COC(=O)CCCCCCCCCCC)OC(=O)CCCCCCC/C=C\CCCCCC. The summed E-state index contributed by atoms with van der Waals surface area (Å²) in [7, 11) is 0. The van der Waals surface area contributed by atoms with E-state index in [2.05, 4.69) is 81.5 Å². The highest BCUT2D eigenvalue weighted by atomic mass is 16.6. The van der Waals surface area contributed by atoms with Crippen LogP contribution in [0.1, 0.15) is 316 Å². The lowest BCUT2D eigenvalue weighted by Crippen LogP contribution is -2.30. The molecule has 0 N–H and O–H groups in total. The molecule has 0 heterocycles. The second kappa shape index (κ2) is 59.7. The van der Waals surface area contributed by atoms with E-state index in [1.807, 2.05) is 0 Å². The Morgan fingerprint density at radius 1 is 0.296 bits per heavy atom. The van der Waals surface area contributed by atoms with E-state index in [1.165, 1.54) is 186 Å². The van der Waals surface area contributed by atoms with Gasteiger partial charge in [0.05, 0.1) is 0 Å². The van der Waals surface area contributed by atoms with Gasteiger partial charge in [0.1, 0.15) is 13.2 Å². The van der Waals surface area contributed by atoms with Gasteiger partial charge in [-0.15, -0.1) is 0 Å². The number of hydrogen-bond donors (Lipinski definition) is 0. The lowest BCUT2D eigenvalue weighted by atomic mass is 10.0. The number of unbranched alkanes of at least 4 members (excludes halogenated alkanes) is 35. The lowest BCUT2D eigenvalue weighted by Gasteiger charge is -2.18. The zero-order valence-electron chi connectivity index (χ0n) is 47.2. The van der Waals surface area contributed by atoms with Crippen molar-refractivity contribution in [1.29, 1.82) is 0 Å². The van der Waals surface area contributed by atoms with Crippen LogP contribution in [0.15, 0.2) is 60.8 Å². The quantitative estimate of drug-likeness (QED) is 0.0261. The van der Waals surface area contributed by atoms with E-state index in [-0.39, 0.29) is 31.1 Å². The van der Waals surface area contributed by atoms with Gasteiger partial charge in [-0.1, -0.05) is 274 Å². The maximum atomic E-state index is 12.8. The summed E-state index contributed by atoms with van der Waals surface area (Å²) in [6.07, 6.45) is 75.3. The number of esters is 3. The number of hydrogen-bond acceptors (Lipinski definition) is 6. The second-order valence-electron chi connectivity index (χ2n) is 20.6. The summed E-state index contributed by atoms with van der Waals surface area (Å²) in [6.45, 7) is 6.51. The van der Waals surface area contributed by atoms with Crippen molar-refractivity contribution in [2.75, 3.05) is 13.2 Å². The van der Waals surface area contributed by atoms with Crippen LogP contribution in [0, 0.1) is 0 Å². The summed E-state index contributed by atoms with van der Waals surface area (Å²) in [5.41, 5.74) is 0. The minimum absolute atomic E-state index is 0.0727. The average molecular weight is 994 g/mol. The van der Waals surface area contributed by atoms with Crippen molar-refractivity contribution in [1.82, 2.24) is 0 Å². The molecule has 0 aliphatic rings. The van der Waals surface area contributed by atoms with Crippen molar-refractivity contribution in [2.24, 2.45) is 0 Å². The topological polar surface area (TPSA) is 78.9 Å². The summed E-state index contributed by atoms with van der Waals surface area (Å²) >= 11 is 0. The zero-order valence-corrected chi connectivity index (χ0v) is 47.2. The summed E-state index contributed by atoms with van der Waals surface area (Å²) in [4.78, 5) is 38.0. The van der Waals surface area contributed by atoms with Crippen LogP contribution in [0.5, 0.6) is 0 Å². The smallest absolute Gasteiger partial charge is 0.306 e. The van der Waals surface area contributed by atoms with Gasteiger partial charge in [-0.25, -0.2) is 0 Å². The Morgan fingerprint density at radius 3 is 0.887 bits per heavy atom. The van der Waals surface area contributed by atoms with Crippen molar-refractivity contribution in [2.45, 2.75) is 322 Å². The number of carbonyl (C=O) groups is 3. The molecule has 0 amide bonds. The second-order valence-corrected chi connectivity index (χ2v) is 20.6. The fourth-order valence-electron chi connectivity index (χ4n) is 8.90. The van der Waals surface area contributed by atoms with Crippen LogP contribution in [0.25, 0.3) is 0 Å². The largest absolute Gasteiger partial charge is 0.462 e. The molecule has 0 radical (unpaired) electrons. The molecule has 0 bridgehead atoms. The van der Waals surface area contributed by atoms with Crippen molar-refractivity contribution in [3.8, 4) is 0 Å². The Bertz CT molecular complexity index is 1280. The third-order valence-electron chi connectivity index (χ3n) is 13.5. The Morgan fingerprint density at radius 2 is 0.549 bits per heavy atom. The van der Waals surface area contributed by atoms with E-state index >= 15 is 0 Å². The van der Waals surface area contributed by atoms with Crippen LogP contribution >= 0.6 is 0 Å². The summed E-state index contributed by atoms with van der Waals surface area (Å²) < 4.78 is 16.8. The highest BCUT2D eigenvalue weighted by Crippen LogP contribution is 2.17. The molecule has 6 heteroatoms. The summed E-state index contributed by atoms with van der Waals surface area (Å²) in [5.74, 6) is -0.870. The fourth-order valence-corrected chi connectivity index (χ4v) is 8.90. The van der Waals surface area contributed by atoms with Crippen LogP contribution < -0.4 is 0 Å². The van der Waals surface area contributed by atoms with Crippen molar-refractivity contribution >= 4 is 17.9 Å². The lowest BCUT2D eigenvalue weighted by molar-refractivity contribution is -0.167. The normalized spacial score (nSPS) is 12.4. The molecule has 1 unspecified atom stereocenters. The van der Waals surface area contributed by atoms with Gasteiger partial charge in [0, 0.05) is 19.3 Å². The number of rotatable bonds is 56. The molecule has 0 spiro atoms. The van der Waals surface area contributed by atoms with Crippen LogP contribution in [0.3, 0.4) is 0 Å². The predicted octanol–water partition coefficient (Wildman–Crippen LogP) is 20.8. The van der Waals surface area contributed by atoms with E-state index in [9.17, 15) is 14.4 Å². The molecule has 0 aromatic heterocycles. The van der Waals surface area contributed by atoms with Gasteiger partial charge in [-0.05, 0) is 83.5 Å². The van der Waals surface area contributed by atoms with E-state index in [0.29, 0.717) is 19.3 Å². The first-order valence-corrected chi connectivity index (χ1v) is 30.8. The highest BCUT2D eigenvalue weighted by Gasteiger charge is 2.19. The minimum atomic E-state index is -0.773. The molecule has 0 saturated heterocycles. The Labute approximate surface area is 440 Å². The molecule has 1 atom stereocenters. The molecule has 0 saturated carbocycles. The van der Waals surface area contributed by atoms with Crippen molar-refractivity contribution in [3.63, 3.8) is 0 Å². The molecule has 412 valence electrons. The van der Waals surface area contributed by atoms with Crippen LogP contribution in [0.2, 0.25) is 0 Å². The maximum Gasteiger partial charge on any atom is 0.306 e. The standard InChI is InChI=1S/C65H116O6/c1-4-7-10-13-16-19-21-23-24-25-26-27-28-29-30-31-32-33-34-35-36-37-38-39-40-42-43-46-49-52-55-58-64(67)70-61-62(60-69-63(66)57-54-51-48-45-18-15-12-9-6-3)71-65(68)59-56-53-50-47-44-41-22-20-17-14-11-8-5-2/h7,10,16,19-20,22-24,26-27,62H,4-6,8-9,11-15,17-18,21,25,28-61H2,1-3H3/b10-7-,19-16-,22-20-,24-23-,27-26-. The van der Waals surface area contributed by atoms with Gasteiger partial charge in [0.2, 0.25) is 0 Å². The molecule has 0 aliphatic carbocycles. The molecule has 0 aliphatic heterocycles. The summed E-state index contributed by atoms with van der Waals surface area (Å²) in [5, 5.41) is 0. The average Bonchev–Trinajstić information content (AvgIpc) is 3.37. The monoisotopic (exact) mass is 993 g/mol. The minimum Gasteiger partial charge on any atom is -0.462 e. The van der Waals surface area contributed by atoms with E-state index < -0.39 is 6.10 Å². The van der Waals surface area contributed by atoms with Gasteiger partial charge in [-0.2, -0.15) is 0 Å². The Kier molecular flexibility index (Phi) is 57.2. The first-order chi connectivity index (χ1) is 35.0. The Hall–Kier alpha value is -2.89. The first kappa shape index (κ1) is 68.1. The third-order valence-corrected chi connectivity index (χ3v) is 13.5. The van der Waals surface area contributed by atoms with E-state index in [0.717, 1.165) is 89.9 Å². The van der Waals surface area contributed by atoms with Crippen LogP contribution in [-0.2, 0) is 28.6 Å². The molecule has 0 fully saturated rings. The van der Waals surface area contributed by atoms with Crippen LogP contribution in [0.4, 0.5) is 0 Å². The molecular formula is C65H116O6. The Balaban J connectivity index is 4.05. The van der Waals surface area contributed by atoms with Gasteiger partial charge in [0.15, 0.2) is 6.10 Å². The van der Waals surface area contributed by atoms with Crippen LogP contribution in [-0.4, -0.2) is 37.2 Å². The summed E-state index contributed by atoms with van der Waals surface area (Å²) in [6, 6.07) is 0. The highest BCUT2D eigenvalue weighted by molar-refractivity contribution is 5.71. The molecule has 71 heavy (non-hydrogen) atoms. The number of ether oxygens (including phenoxy) is 3. The van der Waals surface area contributed by atoms with E-state index in [4.69, 9.17) is 14.2 Å². The molecule has 0 aromatic rings. The van der Waals surface area contributed by atoms with Crippen molar-refractivity contribution in [3.05, 3.63) is 60.8 Å². The molecular weight excluding hydrogens is 877 g/mol. The third kappa shape index (κ3) is 57.9. The van der Waals surface area contributed by atoms with Gasteiger partial charge < -0.3 is 14.2 Å². The molecule has 0 rings (SSSR count). The molecule has 6 nitrogen and oxygen atoms in total. The predicted molar refractivity (Wildman–Crippen MR) is 307 cm³/mol. The van der Waals surface area contributed by atoms with E-state index in [1.54, 1.807) is 0 Å². The van der Waals surface area contributed by atoms with Gasteiger partial charge >= 0.3 is 17.9 Å². The van der Waals surface area contributed by atoms with Crippen molar-refractivity contribution < 1.29 is 28.6 Å². The fraction of sp³-hybridized carbons (Fsp3) is 0.800. The maximum absolute atomic E-state index is 12.8. The van der Waals surface area contributed by atoms with Gasteiger partial charge in [-0.3, -0.25) is 14.4 Å². The number of carbonyl (C=O) groups excluding carboxylic acids is 3. The zero-order chi connectivity index (χ0) is 51.4. The molecule has 0 aromatic carbocycles.